The predicted octanol–water partition coefficient (Wildman–Crippen LogP) is 0.556. The number of hydrogen-bond donors (Lipinski definition) is 0. The maximum atomic E-state index is 5.59. The molecule has 0 N–H and O–H groups in total. The van der Waals surface area contributed by atoms with Crippen LogP contribution in [0.3, 0.4) is 0 Å². The van der Waals surface area contributed by atoms with Crippen molar-refractivity contribution in [2.45, 2.75) is 6.10 Å². The van der Waals surface area contributed by atoms with Crippen molar-refractivity contribution >= 4 is 11.6 Å². The first-order chi connectivity index (χ1) is 4.33. The first-order valence-corrected chi connectivity index (χ1v) is 3.72. The SMILES string of the molecule is CN1CCOC(CCl)C1. The third kappa shape index (κ3) is 2.12. The molecule has 9 heavy (non-hydrogen) atoms. The molecule has 1 unspecified atom stereocenters. The number of rotatable bonds is 1. The molecule has 1 fully saturated rings. The van der Waals surface area contributed by atoms with Gasteiger partial charge in [0.1, 0.15) is 0 Å². The topological polar surface area (TPSA) is 12.5 Å². The van der Waals surface area contributed by atoms with Gasteiger partial charge in [-0.2, -0.15) is 0 Å². The summed E-state index contributed by atoms with van der Waals surface area (Å²) < 4.78 is 5.32. The maximum Gasteiger partial charge on any atom is 0.0837 e. The van der Waals surface area contributed by atoms with E-state index in [0.717, 1.165) is 19.7 Å². The average Bonchev–Trinajstić information content (AvgIpc) is 1.88. The van der Waals surface area contributed by atoms with Gasteiger partial charge >= 0.3 is 0 Å². The Morgan fingerprint density at radius 3 is 3.00 bits per heavy atom. The monoisotopic (exact) mass is 149 g/mol. The Balaban J connectivity index is 2.23. The standard InChI is InChI=1S/C6H12ClNO/c1-8-2-3-9-6(4-7)5-8/h6H,2-5H2,1H3. The zero-order valence-electron chi connectivity index (χ0n) is 5.64. The zero-order valence-corrected chi connectivity index (χ0v) is 6.40. The molecule has 0 bridgehead atoms. The van der Waals surface area contributed by atoms with Crippen molar-refractivity contribution in [3.63, 3.8) is 0 Å². The van der Waals surface area contributed by atoms with Crippen LogP contribution in [0.25, 0.3) is 0 Å². The first kappa shape index (κ1) is 7.32. The van der Waals surface area contributed by atoms with E-state index in [1.54, 1.807) is 0 Å². The van der Waals surface area contributed by atoms with Gasteiger partial charge in [0.15, 0.2) is 0 Å². The quantitative estimate of drug-likeness (QED) is 0.505. The van der Waals surface area contributed by atoms with E-state index in [0.29, 0.717) is 5.88 Å². The first-order valence-electron chi connectivity index (χ1n) is 3.19. The second kappa shape index (κ2) is 3.40. The van der Waals surface area contributed by atoms with Crippen LogP contribution in [0.2, 0.25) is 0 Å². The molecule has 0 amide bonds. The third-order valence-electron chi connectivity index (χ3n) is 1.51. The smallest absolute Gasteiger partial charge is 0.0837 e. The normalized spacial score (nSPS) is 30.7. The van der Waals surface area contributed by atoms with Gasteiger partial charge in [-0.05, 0) is 7.05 Å². The van der Waals surface area contributed by atoms with Crippen LogP contribution in [0, 0.1) is 0 Å². The summed E-state index contributed by atoms with van der Waals surface area (Å²) in [6.45, 7) is 2.84. The summed E-state index contributed by atoms with van der Waals surface area (Å²) >= 11 is 5.59. The Bertz CT molecular complexity index is 89.1. The van der Waals surface area contributed by atoms with Gasteiger partial charge in [0.05, 0.1) is 12.7 Å². The van der Waals surface area contributed by atoms with Gasteiger partial charge in [0.2, 0.25) is 0 Å². The van der Waals surface area contributed by atoms with Crippen molar-refractivity contribution in [2.24, 2.45) is 0 Å². The lowest BCUT2D eigenvalue weighted by Gasteiger charge is -2.28. The molecule has 1 heterocycles. The van der Waals surface area contributed by atoms with E-state index < -0.39 is 0 Å². The number of alkyl halides is 1. The van der Waals surface area contributed by atoms with Gasteiger partial charge in [-0.3, -0.25) is 0 Å². The van der Waals surface area contributed by atoms with Crippen LogP contribution in [0.15, 0.2) is 0 Å². The minimum absolute atomic E-state index is 0.255. The molecule has 0 radical (unpaired) electrons. The number of halogens is 1. The molecule has 0 spiro atoms. The van der Waals surface area contributed by atoms with Crippen molar-refractivity contribution in [3.05, 3.63) is 0 Å². The predicted molar refractivity (Wildman–Crippen MR) is 38.0 cm³/mol. The minimum Gasteiger partial charge on any atom is -0.374 e. The summed E-state index contributed by atoms with van der Waals surface area (Å²) in [5, 5.41) is 0. The fourth-order valence-corrected chi connectivity index (χ4v) is 1.15. The lowest BCUT2D eigenvalue weighted by atomic mass is 10.3. The lowest BCUT2D eigenvalue weighted by Crippen LogP contribution is -2.40. The van der Waals surface area contributed by atoms with Gasteiger partial charge in [-0.1, -0.05) is 0 Å². The number of likely N-dealkylation sites (N-methyl/N-ethyl adjacent to an activating group) is 1. The lowest BCUT2D eigenvalue weighted by molar-refractivity contribution is -0.00670. The van der Waals surface area contributed by atoms with Gasteiger partial charge < -0.3 is 9.64 Å². The molecule has 1 rings (SSSR count). The molecule has 1 saturated heterocycles. The molecular weight excluding hydrogens is 138 g/mol. The number of morpholine rings is 1. The van der Waals surface area contributed by atoms with Gasteiger partial charge in [-0.25, -0.2) is 0 Å². The molecule has 0 aromatic heterocycles. The fraction of sp³-hybridized carbons (Fsp3) is 1.00. The van der Waals surface area contributed by atoms with Crippen LogP contribution in [0.1, 0.15) is 0 Å². The second-order valence-corrected chi connectivity index (χ2v) is 2.72. The van der Waals surface area contributed by atoms with Crippen molar-refractivity contribution in [3.8, 4) is 0 Å². The highest BCUT2D eigenvalue weighted by Gasteiger charge is 2.15. The van der Waals surface area contributed by atoms with Crippen molar-refractivity contribution in [1.82, 2.24) is 4.90 Å². The summed E-state index contributed by atoms with van der Waals surface area (Å²) in [5.41, 5.74) is 0. The van der Waals surface area contributed by atoms with Crippen molar-refractivity contribution in [1.29, 1.82) is 0 Å². The highest BCUT2D eigenvalue weighted by atomic mass is 35.5. The average molecular weight is 150 g/mol. The Morgan fingerprint density at radius 2 is 2.56 bits per heavy atom. The molecular formula is C6H12ClNO. The number of ether oxygens (including phenoxy) is 1. The number of nitrogens with zero attached hydrogens (tertiary/aromatic N) is 1. The van der Waals surface area contributed by atoms with E-state index in [-0.39, 0.29) is 6.10 Å². The summed E-state index contributed by atoms with van der Waals surface area (Å²) in [7, 11) is 2.09. The summed E-state index contributed by atoms with van der Waals surface area (Å²) in [6.07, 6.45) is 0.255. The van der Waals surface area contributed by atoms with Crippen LogP contribution < -0.4 is 0 Å². The molecule has 54 valence electrons. The fourth-order valence-electron chi connectivity index (χ4n) is 0.960. The summed E-state index contributed by atoms with van der Waals surface area (Å²) in [6, 6.07) is 0. The van der Waals surface area contributed by atoms with Crippen molar-refractivity contribution in [2.75, 3.05) is 32.6 Å². The number of hydrogen-bond acceptors (Lipinski definition) is 2. The van der Waals surface area contributed by atoms with Gasteiger partial charge in [0, 0.05) is 19.0 Å². The maximum absolute atomic E-state index is 5.59. The molecule has 2 nitrogen and oxygen atoms in total. The summed E-state index contributed by atoms with van der Waals surface area (Å²) in [4.78, 5) is 2.23. The Morgan fingerprint density at radius 1 is 1.78 bits per heavy atom. The van der Waals surface area contributed by atoms with Crippen LogP contribution in [-0.2, 0) is 4.74 Å². The van der Waals surface area contributed by atoms with E-state index in [1.807, 2.05) is 0 Å². The van der Waals surface area contributed by atoms with Crippen LogP contribution in [-0.4, -0.2) is 43.6 Å². The van der Waals surface area contributed by atoms with Crippen LogP contribution in [0.4, 0.5) is 0 Å². The molecule has 0 saturated carbocycles. The molecule has 1 atom stereocenters. The van der Waals surface area contributed by atoms with E-state index in [2.05, 4.69) is 11.9 Å². The van der Waals surface area contributed by atoms with E-state index in [1.165, 1.54) is 0 Å². The van der Waals surface area contributed by atoms with E-state index in [9.17, 15) is 0 Å². The molecule has 1 aliphatic rings. The molecule has 1 aliphatic heterocycles. The van der Waals surface area contributed by atoms with Gasteiger partial charge in [0.25, 0.3) is 0 Å². The van der Waals surface area contributed by atoms with Gasteiger partial charge in [-0.15, -0.1) is 11.6 Å². The third-order valence-corrected chi connectivity index (χ3v) is 1.86. The van der Waals surface area contributed by atoms with Crippen LogP contribution >= 0.6 is 11.6 Å². The minimum atomic E-state index is 0.255. The summed E-state index contributed by atoms with van der Waals surface area (Å²) in [5.74, 6) is 0.615. The second-order valence-electron chi connectivity index (χ2n) is 2.41. The molecule has 0 aromatic carbocycles. The molecule has 3 heteroatoms. The largest absolute Gasteiger partial charge is 0.374 e. The van der Waals surface area contributed by atoms with Crippen LogP contribution in [0.5, 0.6) is 0 Å². The van der Waals surface area contributed by atoms with E-state index in [4.69, 9.17) is 16.3 Å². The van der Waals surface area contributed by atoms with Crippen molar-refractivity contribution < 1.29 is 4.74 Å². The Kier molecular flexibility index (Phi) is 2.76. The zero-order chi connectivity index (χ0) is 6.69. The highest BCUT2D eigenvalue weighted by molar-refractivity contribution is 6.18. The van der Waals surface area contributed by atoms with E-state index >= 15 is 0 Å². The Labute approximate surface area is 60.7 Å². The Hall–Kier alpha value is 0.210. The highest BCUT2D eigenvalue weighted by Crippen LogP contribution is 2.03. The molecule has 0 aliphatic carbocycles. The molecule has 0 aromatic rings.